The Morgan fingerprint density at radius 1 is 1.03 bits per heavy atom. The molecule has 1 aromatic heterocycles. The van der Waals surface area contributed by atoms with Gasteiger partial charge in [0.05, 0.1) is 18.7 Å². The van der Waals surface area contributed by atoms with Crippen LogP contribution in [0.3, 0.4) is 0 Å². The third kappa shape index (κ3) is 5.53. The monoisotopic (exact) mass is 453 g/mol. The number of hydrogen-bond donors (Lipinski definition) is 2. The summed E-state index contributed by atoms with van der Waals surface area (Å²) in [5.41, 5.74) is 2.93. The Bertz CT molecular complexity index is 988. The standard InChI is InChI=1S/C22H24BrN5O/c23-17-4-3-5-19(14-17)27-22-20-15-18(6-7-21(20)25-16-26-22)24-8-1-2-9-28-10-12-29-13-11-28/h1-7,14-16,24H,8-13H2,(H,25,26,27)/b2-1+. The molecule has 29 heavy (non-hydrogen) atoms. The largest absolute Gasteiger partial charge is 0.382 e. The van der Waals surface area contributed by atoms with Gasteiger partial charge < -0.3 is 15.4 Å². The lowest BCUT2D eigenvalue weighted by atomic mass is 10.2. The number of aromatic nitrogens is 2. The highest BCUT2D eigenvalue weighted by molar-refractivity contribution is 9.10. The van der Waals surface area contributed by atoms with E-state index in [4.69, 9.17) is 4.74 Å². The molecule has 1 fully saturated rings. The van der Waals surface area contributed by atoms with Crippen LogP contribution >= 0.6 is 15.9 Å². The van der Waals surface area contributed by atoms with E-state index in [0.717, 1.165) is 72.0 Å². The number of nitrogens with zero attached hydrogens (tertiary/aromatic N) is 3. The van der Waals surface area contributed by atoms with Crippen LogP contribution in [0.1, 0.15) is 0 Å². The summed E-state index contributed by atoms with van der Waals surface area (Å²) in [6.45, 7) is 5.44. The zero-order valence-electron chi connectivity index (χ0n) is 16.1. The lowest BCUT2D eigenvalue weighted by Gasteiger charge is -2.25. The second kappa shape index (κ2) is 9.82. The number of benzene rings is 2. The van der Waals surface area contributed by atoms with Crippen molar-refractivity contribution in [1.82, 2.24) is 14.9 Å². The van der Waals surface area contributed by atoms with Gasteiger partial charge in [0, 0.05) is 47.4 Å². The van der Waals surface area contributed by atoms with Crippen molar-refractivity contribution in [3.8, 4) is 0 Å². The van der Waals surface area contributed by atoms with E-state index in [2.05, 4.69) is 59.6 Å². The average Bonchev–Trinajstić information content (AvgIpc) is 2.75. The Morgan fingerprint density at radius 3 is 2.79 bits per heavy atom. The highest BCUT2D eigenvalue weighted by atomic mass is 79.9. The molecule has 1 saturated heterocycles. The van der Waals surface area contributed by atoms with Crippen molar-refractivity contribution in [1.29, 1.82) is 0 Å². The van der Waals surface area contributed by atoms with Crippen molar-refractivity contribution in [3.63, 3.8) is 0 Å². The molecule has 0 amide bonds. The van der Waals surface area contributed by atoms with Crippen molar-refractivity contribution in [2.45, 2.75) is 0 Å². The Morgan fingerprint density at radius 2 is 1.93 bits per heavy atom. The van der Waals surface area contributed by atoms with Gasteiger partial charge in [0.2, 0.25) is 0 Å². The maximum absolute atomic E-state index is 5.38. The fraction of sp³-hybridized carbons (Fsp3) is 0.273. The molecule has 6 nitrogen and oxygen atoms in total. The Hall–Kier alpha value is -2.48. The number of hydrogen-bond acceptors (Lipinski definition) is 6. The number of fused-ring (bicyclic) bond motifs is 1. The summed E-state index contributed by atoms with van der Waals surface area (Å²) < 4.78 is 6.40. The molecule has 0 aliphatic carbocycles. The SMILES string of the molecule is Brc1cccc(Nc2ncnc3ccc(NC/C=C/CN4CCOCC4)cc23)c1. The molecule has 2 N–H and O–H groups in total. The van der Waals surface area contributed by atoms with E-state index in [1.165, 1.54) is 0 Å². The minimum absolute atomic E-state index is 0.776. The molecule has 1 aliphatic rings. The summed E-state index contributed by atoms with van der Waals surface area (Å²) in [5.74, 6) is 0.791. The Kier molecular flexibility index (Phi) is 6.71. The lowest BCUT2D eigenvalue weighted by molar-refractivity contribution is 0.0434. The quantitative estimate of drug-likeness (QED) is 0.515. The number of ether oxygens (including phenoxy) is 1. The van der Waals surface area contributed by atoms with E-state index in [0.29, 0.717) is 0 Å². The fourth-order valence-corrected chi connectivity index (χ4v) is 3.64. The van der Waals surface area contributed by atoms with Crippen LogP contribution in [0.2, 0.25) is 0 Å². The van der Waals surface area contributed by atoms with Crippen molar-refractivity contribution in [3.05, 3.63) is 65.4 Å². The first-order valence-electron chi connectivity index (χ1n) is 9.74. The number of anilines is 3. The molecule has 3 aromatic rings. The highest BCUT2D eigenvalue weighted by Crippen LogP contribution is 2.26. The van der Waals surface area contributed by atoms with Crippen molar-refractivity contribution in [2.24, 2.45) is 0 Å². The van der Waals surface area contributed by atoms with E-state index in [1.807, 2.05) is 36.4 Å². The molecule has 0 saturated carbocycles. The molecule has 0 bridgehead atoms. The molecule has 7 heteroatoms. The molecule has 0 atom stereocenters. The summed E-state index contributed by atoms with van der Waals surface area (Å²) in [5, 5.41) is 7.82. The normalized spacial score (nSPS) is 15.1. The van der Waals surface area contributed by atoms with Crippen LogP contribution in [0, 0.1) is 0 Å². The molecule has 2 heterocycles. The van der Waals surface area contributed by atoms with Crippen LogP contribution in [0.25, 0.3) is 10.9 Å². The van der Waals surface area contributed by atoms with Crippen molar-refractivity contribution < 1.29 is 4.74 Å². The minimum Gasteiger partial charge on any atom is -0.382 e. The van der Waals surface area contributed by atoms with Gasteiger partial charge in [-0.25, -0.2) is 9.97 Å². The second-order valence-corrected chi connectivity index (χ2v) is 7.77. The van der Waals surface area contributed by atoms with Gasteiger partial charge in [-0.2, -0.15) is 0 Å². The second-order valence-electron chi connectivity index (χ2n) is 6.85. The van der Waals surface area contributed by atoms with Gasteiger partial charge >= 0.3 is 0 Å². The van der Waals surface area contributed by atoms with Gasteiger partial charge in [0.15, 0.2) is 0 Å². The first-order chi connectivity index (χ1) is 14.3. The fourth-order valence-electron chi connectivity index (χ4n) is 3.24. The smallest absolute Gasteiger partial charge is 0.141 e. The summed E-state index contributed by atoms with van der Waals surface area (Å²) in [7, 11) is 0. The zero-order valence-corrected chi connectivity index (χ0v) is 17.7. The summed E-state index contributed by atoms with van der Waals surface area (Å²) in [6, 6.07) is 14.2. The summed E-state index contributed by atoms with van der Waals surface area (Å²) >= 11 is 3.50. The molecule has 0 radical (unpaired) electrons. The third-order valence-electron chi connectivity index (χ3n) is 4.78. The molecule has 0 spiro atoms. The van der Waals surface area contributed by atoms with Gasteiger partial charge in [0.25, 0.3) is 0 Å². The van der Waals surface area contributed by atoms with Gasteiger partial charge in [-0.05, 0) is 36.4 Å². The van der Waals surface area contributed by atoms with Crippen LogP contribution in [0.4, 0.5) is 17.2 Å². The minimum atomic E-state index is 0.776. The molecular weight excluding hydrogens is 430 g/mol. The first-order valence-corrected chi connectivity index (χ1v) is 10.5. The lowest BCUT2D eigenvalue weighted by Crippen LogP contribution is -2.36. The molecular formula is C22H24BrN5O. The highest BCUT2D eigenvalue weighted by Gasteiger charge is 2.08. The van der Waals surface area contributed by atoms with Crippen molar-refractivity contribution >= 4 is 44.0 Å². The van der Waals surface area contributed by atoms with E-state index >= 15 is 0 Å². The van der Waals surface area contributed by atoms with E-state index in [9.17, 15) is 0 Å². The number of halogens is 1. The van der Waals surface area contributed by atoms with Crippen LogP contribution in [-0.4, -0.2) is 54.3 Å². The number of rotatable bonds is 7. The molecule has 0 unspecified atom stereocenters. The maximum Gasteiger partial charge on any atom is 0.141 e. The van der Waals surface area contributed by atoms with Crippen LogP contribution in [0.15, 0.2) is 65.4 Å². The van der Waals surface area contributed by atoms with Crippen LogP contribution < -0.4 is 10.6 Å². The predicted octanol–water partition coefficient (Wildman–Crippen LogP) is 4.44. The topological polar surface area (TPSA) is 62.3 Å². The first kappa shape index (κ1) is 19.8. The van der Waals surface area contributed by atoms with E-state index in [1.54, 1.807) is 6.33 Å². The summed E-state index contributed by atoms with van der Waals surface area (Å²) in [4.78, 5) is 11.2. The van der Waals surface area contributed by atoms with E-state index < -0.39 is 0 Å². The average molecular weight is 454 g/mol. The zero-order chi connectivity index (χ0) is 19.9. The Labute approximate surface area is 179 Å². The molecule has 4 rings (SSSR count). The molecule has 2 aromatic carbocycles. The Balaban J connectivity index is 1.41. The maximum atomic E-state index is 5.38. The van der Waals surface area contributed by atoms with E-state index in [-0.39, 0.29) is 0 Å². The van der Waals surface area contributed by atoms with Gasteiger partial charge in [0.1, 0.15) is 12.1 Å². The summed E-state index contributed by atoms with van der Waals surface area (Å²) in [6.07, 6.45) is 5.97. The van der Waals surface area contributed by atoms with Gasteiger partial charge in [-0.3, -0.25) is 4.90 Å². The van der Waals surface area contributed by atoms with Crippen molar-refractivity contribution in [2.75, 3.05) is 50.0 Å². The number of morpholine rings is 1. The van der Waals surface area contributed by atoms with Crippen LogP contribution in [-0.2, 0) is 4.74 Å². The van der Waals surface area contributed by atoms with Crippen LogP contribution in [0.5, 0.6) is 0 Å². The number of nitrogens with one attached hydrogen (secondary N) is 2. The molecule has 150 valence electrons. The third-order valence-corrected chi connectivity index (χ3v) is 5.27. The molecule has 1 aliphatic heterocycles. The van der Waals surface area contributed by atoms with Gasteiger partial charge in [-0.15, -0.1) is 0 Å². The van der Waals surface area contributed by atoms with Gasteiger partial charge in [-0.1, -0.05) is 34.1 Å². The predicted molar refractivity (Wildman–Crippen MR) is 122 cm³/mol.